The highest BCUT2D eigenvalue weighted by atomic mass is 16.5. The van der Waals surface area contributed by atoms with Crippen molar-refractivity contribution in [2.75, 3.05) is 31.2 Å². The number of aromatic nitrogens is 2. The summed E-state index contributed by atoms with van der Waals surface area (Å²) in [6.45, 7) is 7.23. The maximum atomic E-state index is 12.4. The molecule has 152 valence electrons. The van der Waals surface area contributed by atoms with E-state index in [9.17, 15) is 4.79 Å². The van der Waals surface area contributed by atoms with Crippen molar-refractivity contribution < 1.29 is 18.5 Å². The first-order chi connectivity index (χ1) is 14.1. The summed E-state index contributed by atoms with van der Waals surface area (Å²) in [5.41, 5.74) is 2.00. The number of rotatable bonds is 6. The van der Waals surface area contributed by atoms with Crippen LogP contribution in [0.1, 0.15) is 36.3 Å². The Morgan fingerprint density at radius 1 is 1.14 bits per heavy atom. The standard InChI is InChI=1S/C21H24N4O4/c1-14(2)18(22-20(26)17-4-3-11-28-17)21-23-19(24-29-21)15-5-7-16(8-6-15)25-9-12-27-13-10-25/h3-8,11,14,18H,9-10,12-13H2,1-2H3,(H,22,26)/t18-/m0/s1. The number of nitrogens with zero attached hydrogens (tertiary/aromatic N) is 3. The van der Waals surface area contributed by atoms with E-state index in [1.807, 2.05) is 26.0 Å². The molecule has 0 unspecified atom stereocenters. The Labute approximate surface area is 168 Å². The molecule has 1 aliphatic heterocycles. The molecule has 0 radical (unpaired) electrons. The summed E-state index contributed by atoms with van der Waals surface area (Å²) in [6, 6.07) is 10.9. The molecule has 8 nitrogen and oxygen atoms in total. The Bertz CT molecular complexity index is 928. The van der Waals surface area contributed by atoms with Crippen LogP contribution >= 0.6 is 0 Å². The number of anilines is 1. The van der Waals surface area contributed by atoms with Crippen LogP contribution in [0.3, 0.4) is 0 Å². The van der Waals surface area contributed by atoms with Gasteiger partial charge in [0.05, 0.1) is 19.5 Å². The molecule has 0 bridgehead atoms. The largest absolute Gasteiger partial charge is 0.459 e. The molecule has 3 aromatic rings. The summed E-state index contributed by atoms with van der Waals surface area (Å²) in [7, 11) is 0. The molecule has 4 rings (SSSR count). The fourth-order valence-corrected chi connectivity index (χ4v) is 3.26. The summed E-state index contributed by atoms with van der Waals surface area (Å²) in [5, 5.41) is 7.01. The van der Waals surface area contributed by atoms with Crippen molar-refractivity contribution in [3.8, 4) is 11.4 Å². The maximum absolute atomic E-state index is 12.4. The SMILES string of the molecule is CC(C)[C@H](NC(=O)c1ccco1)c1nc(-c2ccc(N3CCOCC3)cc2)no1. The molecule has 29 heavy (non-hydrogen) atoms. The van der Waals surface area contributed by atoms with Gasteiger partial charge in [-0.2, -0.15) is 4.98 Å². The Morgan fingerprint density at radius 3 is 2.55 bits per heavy atom. The van der Waals surface area contributed by atoms with Crippen molar-refractivity contribution >= 4 is 11.6 Å². The highest BCUT2D eigenvalue weighted by Crippen LogP contribution is 2.26. The number of morpholine rings is 1. The van der Waals surface area contributed by atoms with E-state index < -0.39 is 6.04 Å². The summed E-state index contributed by atoms with van der Waals surface area (Å²) >= 11 is 0. The molecule has 2 aromatic heterocycles. The molecule has 1 N–H and O–H groups in total. The zero-order valence-corrected chi connectivity index (χ0v) is 16.5. The molecule has 1 fully saturated rings. The number of furan rings is 1. The highest BCUT2D eigenvalue weighted by molar-refractivity contribution is 5.91. The van der Waals surface area contributed by atoms with Crippen molar-refractivity contribution in [1.82, 2.24) is 15.5 Å². The van der Waals surface area contributed by atoms with E-state index in [2.05, 4.69) is 32.5 Å². The van der Waals surface area contributed by atoms with Gasteiger partial charge < -0.3 is 23.9 Å². The van der Waals surface area contributed by atoms with Crippen LogP contribution in [0.5, 0.6) is 0 Å². The lowest BCUT2D eigenvalue weighted by Gasteiger charge is -2.28. The van der Waals surface area contributed by atoms with Crippen LogP contribution in [0.2, 0.25) is 0 Å². The quantitative estimate of drug-likeness (QED) is 0.683. The van der Waals surface area contributed by atoms with Crippen LogP contribution in [0.15, 0.2) is 51.6 Å². The summed E-state index contributed by atoms with van der Waals surface area (Å²) < 4.78 is 16.0. The lowest BCUT2D eigenvalue weighted by Crippen LogP contribution is -2.36. The van der Waals surface area contributed by atoms with E-state index in [1.54, 1.807) is 12.1 Å². The van der Waals surface area contributed by atoms with Gasteiger partial charge in [-0.25, -0.2) is 0 Å². The third-order valence-corrected chi connectivity index (χ3v) is 4.91. The number of hydrogen-bond acceptors (Lipinski definition) is 7. The van der Waals surface area contributed by atoms with Crippen LogP contribution < -0.4 is 10.2 Å². The van der Waals surface area contributed by atoms with E-state index in [0.717, 1.165) is 37.6 Å². The van der Waals surface area contributed by atoms with Crippen molar-refractivity contribution in [3.63, 3.8) is 0 Å². The van der Waals surface area contributed by atoms with Gasteiger partial charge in [-0.1, -0.05) is 19.0 Å². The van der Waals surface area contributed by atoms with Gasteiger partial charge in [-0.3, -0.25) is 4.79 Å². The van der Waals surface area contributed by atoms with E-state index in [1.165, 1.54) is 6.26 Å². The molecular weight excluding hydrogens is 372 g/mol. The second kappa shape index (κ2) is 8.48. The van der Waals surface area contributed by atoms with Gasteiger partial charge >= 0.3 is 0 Å². The third kappa shape index (κ3) is 4.32. The number of hydrogen-bond donors (Lipinski definition) is 1. The lowest BCUT2D eigenvalue weighted by atomic mass is 10.0. The average molecular weight is 396 g/mol. The van der Waals surface area contributed by atoms with Gasteiger partial charge in [0, 0.05) is 24.3 Å². The second-order valence-electron chi connectivity index (χ2n) is 7.27. The zero-order chi connectivity index (χ0) is 20.2. The molecule has 1 atom stereocenters. The molecule has 0 saturated carbocycles. The number of carbonyl (C=O) groups is 1. The number of benzene rings is 1. The van der Waals surface area contributed by atoms with Gasteiger partial charge in [-0.15, -0.1) is 0 Å². The Hall–Kier alpha value is -3.13. The Kier molecular flexibility index (Phi) is 5.62. The highest BCUT2D eigenvalue weighted by Gasteiger charge is 2.26. The average Bonchev–Trinajstić information content (AvgIpc) is 3.45. The van der Waals surface area contributed by atoms with Gasteiger partial charge in [0.25, 0.3) is 5.91 Å². The zero-order valence-electron chi connectivity index (χ0n) is 16.5. The van der Waals surface area contributed by atoms with E-state index in [0.29, 0.717) is 11.7 Å². The molecular formula is C21H24N4O4. The predicted octanol–water partition coefficient (Wildman–Crippen LogP) is 3.29. The minimum Gasteiger partial charge on any atom is -0.459 e. The van der Waals surface area contributed by atoms with Crippen LogP contribution in [-0.4, -0.2) is 42.4 Å². The lowest BCUT2D eigenvalue weighted by molar-refractivity contribution is 0.0885. The number of carbonyl (C=O) groups excluding carboxylic acids is 1. The third-order valence-electron chi connectivity index (χ3n) is 4.91. The van der Waals surface area contributed by atoms with Gasteiger partial charge in [-0.05, 0) is 42.3 Å². The number of ether oxygens (including phenoxy) is 1. The molecule has 1 saturated heterocycles. The van der Waals surface area contributed by atoms with Crippen molar-refractivity contribution in [3.05, 3.63) is 54.3 Å². The number of nitrogens with one attached hydrogen (secondary N) is 1. The van der Waals surface area contributed by atoms with Crippen molar-refractivity contribution in [2.45, 2.75) is 19.9 Å². The first-order valence-electron chi connectivity index (χ1n) is 9.73. The molecule has 1 aromatic carbocycles. The molecule has 0 aliphatic carbocycles. The summed E-state index contributed by atoms with van der Waals surface area (Å²) in [4.78, 5) is 19.2. The number of amides is 1. The molecule has 0 spiro atoms. The van der Waals surface area contributed by atoms with Crippen molar-refractivity contribution in [2.24, 2.45) is 5.92 Å². The monoisotopic (exact) mass is 396 g/mol. The molecule has 1 aliphatic rings. The van der Waals surface area contributed by atoms with Crippen molar-refractivity contribution in [1.29, 1.82) is 0 Å². The Balaban J connectivity index is 1.49. The molecule has 8 heteroatoms. The van der Waals surface area contributed by atoms with E-state index in [4.69, 9.17) is 13.7 Å². The molecule has 1 amide bonds. The summed E-state index contributed by atoms with van der Waals surface area (Å²) in [5.74, 6) is 0.849. The fourth-order valence-electron chi connectivity index (χ4n) is 3.26. The van der Waals surface area contributed by atoms with Crippen LogP contribution in [0, 0.1) is 5.92 Å². The first kappa shape index (κ1) is 19.2. The smallest absolute Gasteiger partial charge is 0.287 e. The Morgan fingerprint density at radius 2 is 1.90 bits per heavy atom. The topological polar surface area (TPSA) is 93.6 Å². The van der Waals surface area contributed by atoms with Crippen LogP contribution in [0.25, 0.3) is 11.4 Å². The van der Waals surface area contributed by atoms with Crippen LogP contribution in [-0.2, 0) is 4.74 Å². The summed E-state index contributed by atoms with van der Waals surface area (Å²) in [6.07, 6.45) is 1.46. The maximum Gasteiger partial charge on any atom is 0.287 e. The minimum atomic E-state index is -0.415. The fraction of sp³-hybridized carbons (Fsp3) is 0.381. The molecule has 3 heterocycles. The normalized spacial score (nSPS) is 15.5. The van der Waals surface area contributed by atoms with E-state index >= 15 is 0 Å². The van der Waals surface area contributed by atoms with Gasteiger partial charge in [0.15, 0.2) is 5.76 Å². The van der Waals surface area contributed by atoms with Crippen LogP contribution in [0.4, 0.5) is 5.69 Å². The minimum absolute atomic E-state index is 0.0610. The first-order valence-corrected chi connectivity index (χ1v) is 9.73. The second-order valence-corrected chi connectivity index (χ2v) is 7.27. The predicted molar refractivity (Wildman–Crippen MR) is 107 cm³/mol. The van der Waals surface area contributed by atoms with Gasteiger partial charge in [0.2, 0.25) is 11.7 Å². The van der Waals surface area contributed by atoms with E-state index in [-0.39, 0.29) is 17.6 Å². The van der Waals surface area contributed by atoms with Gasteiger partial charge in [0.1, 0.15) is 6.04 Å².